The SMILES string of the molecule is CCOC(=O)c1c(SC)n(-c2ccncc2Cl)c2cc(F)c(F)cc2c1=O. The Labute approximate surface area is 161 Å². The van der Waals surface area contributed by atoms with Gasteiger partial charge in [0.2, 0.25) is 5.43 Å². The molecule has 1 aromatic carbocycles. The molecule has 0 aliphatic heterocycles. The second-order valence-electron chi connectivity index (χ2n) is 5.38. The third-order valence-electron chi connectivity index (χ3n) is 3.83. The monoisotopic (exact) mass is 410 g/mol. The summed E-state index contributed by atoms with van der Waals surface area (Å²) in [5.74, 6) is -3.17. The van der Waals surface area contributed by atoms with Gasteiger partial charge in [0, 0.05) is 18.5 Å². The van der Waals surface area contributed by atoms with Crippen LogP contribution in [0, 0.1) is 11.6 Å². The molecule has 0 aliphatic carbocycles. The van der Waals surface area contributed by atoms with Gasteiger partial charge >= 0.3 is 5.97 Å². The quantitative estimate of drug-likeness (QED) is 0.476. The number of benzene rings is 1. The van der Waals surface area contributed by atoms with Crippen LogP contribution in [0.5, 0.6) is 0 Å². The van der Waals surface area contributed by atoms with Crippen molar-refractivity contribution in [2.24, 2.45) is 0 Å². The number of nitrogens with zero attached hydrogens (tertiary/aromatic N) is 2. The largest absolute Gasteiger partial charge is 0.462 e. The molecule has 27 heavy (non-hydrogen) atoms. The Hall–Kier alpha value is -2.45. The molecule has 0 aliphatic rings. The minimum absolute atomic E-state index is 0.0535. The highest BCUT2D eigenvalue weighted by atomic mass is 35.5. The van der Waals surface area contributed by atoms with Crippen molar-refractivity contribution in [3.8, 4) is 5.69 Å². The van der Waals surface area contributed by atoms with Crippen LogP contribution in [-0.2, 0) is 4.74 Å². The number of aromatic nitrogens is 2. The lowest BCUT2D eigenvalue weighted by Crippen LogP contribution is -2.23. The van der Waals surface area contributed by atoms with Crippen molar-refractivity contribution in [1.82, 2.24) is 9.55 Å². The van der Waals surface area contributed by atoms with E-state index in [2.05, 4.69) is 4.98 Å². The fourth-order valence-corrected chi connectivity index (χ4v) is 3.68. The van der Waals surface area contributed by atoms with E-state index in [1.165, 1.54) is 17.0 Å². The molecule has 5 nitrogen and oxygen atoms in total. The summed E-state index contributed by atoms with van der Waals surface area (Å²) in [6.07, 6.45) is 4.48. The molecule has 0 atom stereocenters. The Kier molecular flexibility index (Phi) is 5.48. The zero-order chi connectivity index (χ0) is 19.7. The van der Waals surface area contributed by atoms with Gasteiger partial charge in [-0.25, -0.2) is 13.6 Å². The lowest BCUT2D eigenvalue weighted by atomic mass is 10.1. The van der Waals surface area contributed by atoms with Crippen LogP contribution >= 0.6 is 23.4 Å². The van der Waals surface area contributed by atoms with E-state index >= 15 is 0 Å². The fourth-order valence-electron chi connectivity index (χ4n) is 2.72. The molecule has 0 fully saturated rings. The lowest BCUT2D eigenvalue weighted by Gasteiger charge is -2.19. The second-order valence-corrected chi connectivity index (χ2v) is 6.58. The van der Waals surface area contributed by atoms with Gasteiger partial charge in [0.05, 0.1) is 33.2 Å². The molecule has 0 unspecified atom stereocenters. The molecule has 3 aromatic rings. The van der Waals surface area contributed by atoms with Crippen LogP contribution in [0.2, 0.25) is 5.02 Å². The van der Waals surface area contributed by atoms with Crippen molar-refractivity contribution in [1.29, 1.82) is 0 Å². The number of thioether (sulfide) groups is 1. The van der Waals surface area contributed by atoms with Crippen LogP contribution in [0.15, 0.2) is 40.4 Å². The van der Waals surface area contributed by atoms with Crippen LogP contribution in [0.4, 0.5) is 8.78 Å². The maximum atomic E-state index is 14.0. The summed E-state index contributed by atoms with van der Waals surface area (Å²) in [5, 5.41) is 0.241. The smallest absolute Gasteiger partial charge is 0.344 e. The Balaban J connectivity index is 2.57. The molecular weight excluding hydrogens is 398 g/mol. The molecule has 0 N–H and O–H groups in total. The first-order chi connectivity index (χ1) is 12.9. The van der Waals surface area contributed by atoms with E-state index in [0.717, 1.165) is 23.9 Å². The van der Waals surface area contributed by atoms with Gasteiger partial charge in [0.1, 0.15) is 5.56 Å². The average Bonchev–Trinajstić information content (AvgIpc) is 2.64. The third kappa shape index (κ3) is 3.30. The fraction of sp³-hybridized carbons (Fsp3) is 0.167. The van der Waals surface area contributed by atoms with Crippen molar-refractivity contribution in [2.45, 2.75) is 11.9 Å². The van der Waals surface area contributed by atoms with Crippen LogP contribution in [0.1, 0.15) is 17.3 Å². The maximum absolute atomic E-state index is 14.0. The Morgan fingerprint density at radius 3 is 2.67 bits per heavy atom. The predicted octanol–water partition coefficient (Wildman–Crippen LogP) is 4.22. The number of ether oxygens (including phenoxy) is 1. The summed E-state index contributed by atoms with van der Waals surface area (Å²) >= 11 is 7.32. The van der Waals surface area contributed by atoms with E-state index in [1.54, 1.807) is 19.2 Å². The molecule has 2 heterocycles. The molecule has 140 valence electrons. The Morgan fingerprint density at radius 2 is 2.04 bits per heavy atom. The number of esters is 1. The molecular formula is C18H13ClF2N2O3S. The van der Waals surface area contributed by atoms with Crippen molar-refractivity contribution in [3.63, 3.8) is 0 Å². The predicted molar refractivity (Wildman–Crippen MR) is 100 cm³/mol. The van der Waals surface area contributed by atoms with Crippen LogP contribution in [0.25, 0.3) is 16.6 Å². The summed E-state index contributed by atoms with van der Waals surface area (Å²) in [4.78, 5) is 29.2. The summed E-state index contributed by atoms with van der Waals surface area (Å²) in [5.41, 5.74) is -0.578. The molecule has 0 bridgehead atoms. The van der Waals surface area contributed by atoms with E-state index in [9.17, 15) is 18.4 Å². The van der Waals surface area contributed by atoms with Gasteiger partial charge in [-0.3, -0.25) is 9.78 Å². The zero-order valence-electron chi connectivity index (χ0n) is 14.3. The highest BCUT2D eigenvalue weighted by Gasteiger charge is 2.25. The van der Waals surface area contributed by atoms with Gasteiger partial charge in [-0.05, 0) is 25.3 Å². The first kappa shape index (κ1) is 19.3. The molecule has 0 radical (unpaired) electrons. The van der Waals surface area contributed by atoms with Crippen molar-refractivity contribution >= 4 is 40.2 Å². The van der Waals surface area contributed by atoms with Crippen molar-refractivity contribution in [2.75, 3.05) is 12.9 Å². The molecule has 9 heteroatoms. The highest BCUT2D eigenvalue weighted by molar-refractivity contribution is 7.98. The Bertz CT molecular complexity index is 1120. The molecule has 2 aromatic heterocycles. The maximum Gasteiger partial charge on any atom is 0.344 e. The number of rotatable bonds is 4. The zero-order valence-corrected chi connectivity index (χ0v) is 15.8. The molecule has 0 saturated heterocycles. The normalized spacial score (nSPS) is 11.0. The molecule has 3 rings (SSSR count). The summed E-state index contributed by atoms with van der Waals surface area (Å²) in [7, 11) is 0. The van der Waals surface area contributed by atoms with Crippen LogP contribution < -0.4 is 5.43 Å². The summed E-state index contributed by atoms with van der Waals surface area (Å²) in [6, 6.07) is 3.21. The minimum Gasteiger partial charge on any atom is -0.462 e. The van der Waals surface area contributed by atoms with Gasteiger partial charge < -0.3 is 9.30 Å². The van der Waals surface area contributed by atoms with Gasteiger partial charge in [-0.2, -0.15) is 0 Å². The van der Waals surface area contributed by atoms with Crippen LogP contribution in [0.3, 0.4) is 0 Å². The number of carbonyl (C=O) groups excluding carboxylic acids is 1. The number of carbonyl (C=O) groups is 1. The first-order valence-electron chi connectivity index (χ1n) is 7.79. The van der Waals surface area contributed by atoms with Gasteiger partial charge in [0.25, 0.3) is 0 Å². The number of pyridine rings is 2. The van der Waals surface area contributed by atoms with E-state index in [1.807, 2.05) is 0 Å². The molecule has 0 spiro atoms. The number of halogens is 3. The van der Waals surface area contributed by atoms with E-state index in [-0.39, 0.29) is 33.1 Å². The van der Waals surface area contributed by atoms with Gasteiger partial charge in [0.15, 0.2) is 11.6 Å². The standard InChI is InChI=1S/C18H13ClF2N2O3S/c1-3-26-18(25)15-16(24)9-6-11(20)12(21)7-14(9)23(17(15)27-2)13-4-5-22-8-10(13)19/h4-8H,3H2,1-2H3. The second kappa shape index (κ2) is 7.66. The number of fused-ring (bicyclic) bond motifs is 1. The Morgan fingerprint density at radius 1 is 1.33 bits per heavy atom. The van der Waals surface area contributed by atoms with E-state index in [0.29, 0.717) is 5.69 Å². The van der Waals surface area contributed by atoms with Crippen molar-refractivity contribution in [3.05, 3.63) is 63.0 Å². The van der Waals surface area contributed by atoms with E-state index in [4.69, 9.17) is 16.3 Å². The van der Waals surface area contributed by atoms with Crippen molar-refractivity contribution < 1.29 is 18.3 Å². The number of hydrogen-bond donors (Lipinski definition) is 0. The average molecular weight is 411 g/mol. The molecule has 0 amide bonds. The summed E-state index contributed by atoms with van der Waals surface area (Å²) in [6.45, 7) is 1.66. The minimum atomic E-state index is -1.20. The lowest BCUT2D eigenvalue weighted by molar-refractivity contribution is 0.0519. The number of hydrogen-bond acceptors (Lipinski definition) is 5. The van der Waals surface area contributed by atoms with Crippen LogP contribution in [-0.4, -0.2) is 28.4 Å². The van der Waals surface area contributed by atoms with Gasteiger partial charge in [-0.15, -0.1) is 11.8 Å². The topological polar surface area (TPSA) is 61.2 Å². The highest BCUT2D eigenvalue weighted by Crippen LogP contribution is 2.32. The summed E-state index contributed by atoms with van der Waals surface area (Å²) < 4.78 is 34.2. The first-order valence-corrected chi connectivity index (χ1v) is 9.39. The third-order valence-corrected chi connectivity index (χ3v) is 4.90. The molecule has 0 saturated carbocycles. The van der Waals surface area contributed by atoms with Gasteiger partial charge in [-0.1, -0.05) is 11.6 Å². The van der Waals surface area contributed by atoms with E-state index < -0.39 is 23.0 Å².